The van der Waals surface area contributed by atoms with Gasteiger partial charge in [0.25, 0.3) is 11.8 Å². The Morgan fingerprint density at radius 1 is 1.03 bits per heavy atom. The van der Waals surface area contributed by atoms with E-state index in [-0.39, 0.29) is 23.9 Å². The van der Waals surface area contributed by atoms with Gasteiger partial charge in [0.2, 0.25) is 0 Å². The van der Waals surface area contributed by atoms with E-state index in [2.05, 4.69) is 17.6 Å². The zero-order valence-electron chi connectivity index (χ0n) is 19.4. The van der Waals surface area contributed by atoms with Crippen molar-refractivity contribution in [3.05, 3.63) is 35.4 Å². The summed E-state index contributed by atoms with van der Waals surface area (Å²) in [6, 6.07) is 6.90. The van der Waals surface area contributed by atoms with E-state index >= 15 is 0 Å². The van der Waals surface area contributed by atoms with Gasteiger partial charge < -0.3 is 15.8 Å². The number of nitrogens with one attached hydrogen (secondary N) is 2. The molecule has 1 saturated heterocycles. The fourth-order valence-electron chi connectivity index (χ4n) is 4.49. The van der Waals surface area contributed by atoms with Crippen LogP contribution in [0.2, 0.25) is 0 Å². The second kappa shape index (κ2) is 9.92. The van der Waals surface area contributed by atoms with Crippen LogP contribution in [0.1, 0.15) is 101 Å². The lowest BCUT2D eigenvalue weighted by atomic mass is 9.79. The normalized spacial score (nSPS) is 19.8. The number of hydrogen-bond acceptors (Lipinski definition) is 4. The van der Waals surface area contributed by atoms with Gasteiger partial charge in [0.15, 0.2) is 0 Å². The van der Waals surface area contributed by atoms with Crippen molar-refractivity contribution in [2.45, 2.75) is 103 Å². The molecule has 0 saturated carbocycles. The van der Waals surface area contributed by atoms with Crippen molar-refractivity contribution in [2.75, 3.05) is 0 Å². The summed E-state index contributed by atoms with van der Waals surface area (Å²) >= 11 is 0. The van der Waals surface area contributed by atoms with E-state index in [4.69, 9.17) is 0 Å². The lowest BCUT2D eigenvalue weighted by Gasteiger charge is -2.51. The van der Waals surface area contributed by atoms with Gasteiger partial charge in [-0.15, -0.1) is 0 Å². The summed E-state index contributed by atoms with van der Waals surface area (Å²) in [7, 11) is 0. The van der Waals surface area contributed by atoms with Gasteiger partial charge in [-0.2, -0.15) is 5.06 Å². The minimum Gasteiger partial charge on any atom is -0.350 e. The van der Waals surface area contributed by atoms with Gasteiger partial charge in [-0.1, -0.05) is 26.2 Å². The van der Waals surface area contributed by atoms with Crippen molar-refractivity contribution in [3.8, 4) is 0 Å². The van der Waals surface area contributed by atoms with E-state index in [1.807, 2.05) is 34.6 Å². The van der Waals surface area contributed by atoms with Crippen molar-refractivity contribution in [2.24, 2.45) is 0 Å². The molecule has 0 aliphatic carbocycles. The summed E-state index contributed by atoms with van der Waals surface area (Å²) < 4.78 is 0. The number of rotatable bonds is 8. The van der Waals surface area contributed by atoms with Gasteiger partial charge in [0, 0.05) is 34.3 Å². The zero-order valence-corrected chi connectivity index (χ0v) is 19.4. The molecule has 1 atom stereocenters. The molecule has 0 aromatic heterocycles. The average molecular weight is 418 g/mol. The maximum absolute atomic E-state index is 12.7. The van der Waals surface area contributed by atoms with Crippen molar-refractivity contribution in [1.29, 1.82) is 0 Å². The van der Waals surface area contributed by atoms with Crippen molar-refractivity contribution >= 4 is 11.8 Å². The highest BCUT2D eigenvalue weighted by Gasteiger charge is 2.45. The summed E-state index contributed by atoms with van der Waals surface area (Å²) in [5, 5.41) is 17.9. The molecule has 2 rings (SSSR count). The van der Waals surface area contributed by atoms with Crippen molar-refractivity contribution < 1.29 is 14.8 Å². The maximum Gasteiger partial charge on any atom is 0.251 e. The van der Waals surface area contributed by atoms with Crippen molar-refractivity contribution in [1.82, 2.24) is 15.7 Å². The Morgan fingerprint density at radius 3 is 2.03 bits per heavy atom. The molecule has 2 amide bonds. The predicted molar refractivity (Wildman–Crippen MR) is 120 cm³/mol. The van der Waals surface area contributed by atoms with Crippen LogP contribution in [-0.2, 0) is 0 Å². The quantitative estimate of drug-likeness (QED) is 0.543. The first-order valence-corrected chi connectivity index (χ1v) is 11.2. The molecule has 3 N–H and O–H groups in total. The number of hydrogen-bond donors (Lipinski definition) is 3. The lowest BCUT2D eigenvalue weighted by molar-refractivity contribution is -0.245. The minimum atomic E-state index is -0.421. The number of unbranched alkanes of at least 4 members (excludes halogenated alkanes) is 2. The Morgan fingerprint density at radius 2 is 1.53 bits per heavy atom. The van der Waals surface area contributed by atoms with Gasteiger partial charge in [0.1, 0.15) is 0 Å². The number of amides is 2. The summed E-state index contributed by atoms with van der Waals surface area (Å²) in [6.07, 6.45) is 5.75. The van der Waals surface area contributed by atoms with E-state index in [1.165, 1.54) is 11.5 Å². The molecule has 1 aliphatic rings. The molecular weight excluding hydrogens is 378 g/mol. The van der Waals surface area contributed by atoms with E-state index in [1.54, 1.807) is 24.3 Å². The summed E-state index contributed by atoms with van der Waals surface area (Å²) in [5.41, 5.74) is 0.250. The average Bonchev–Trinajstić information content (AvgIpc) is 2.66. The molecule has 1 aromatic carbocycles. The topological polar surface area (TPSA) is 81.7 Å². The van der Waals surface area contributed by atoms with Crippen LogP contribution in [0.3, 0.4) is 0 Å². The van der Waals surface area contributed by atoms with Crippen LogP contribution >= 0.6 is 0 Å². The molecule has 1 heterocycles. The molecule has 168 valence electrons. The molecule has 30 heavy (non-hydrogen) atoms. The largest absolute Gasteiger partial charge is 0.350 e. The third-order valence-corrected chi connectivity index (χ3v) is 6.00. The van der Waals surface area contributed by atoms with Crippen LogP contribution in [0.25, 0.3) is 0 Å². The highest BCUT2D eigenvalue weighted by molar-refractivity contribution is 5.98. The van der Waals surface area contributed by atoms with E-state index in [0.29, 0.717) is 24.0 Å². The Bertz CT molecular complexity index is 710. The molecule has 0 spiro atoms. The third-order valence-electron chi connectivity index (χ3n) is 6.00. The first-order chi connectivity index (χ1) is 14.0. The van der Waals surface area contributed by atoms with E-state index in [9.17, 15) is 14.8 Å². The van der Waals surface area contributed by atoms with Crippen LogP contribution in [0.15, 0.2) is 24.3 Å². The van der Waals surface area contributed by atoms with Gasteiger partial charge >= 0.3 is 0 Å². The molecule has 1 aliphatic heterocycles. The fraction of sp³-hybridized carbons (Fsp3) is 0.667. The Hall–Kier alpha value is -1.92. The number of benzene rings is 1. The van der Waals surface area contributed by atoms with Crippen LogP contribution in [0, 0.1) is 0 Å². The lowest BCUT2D eigenvalue weighted by Crippen LogP contribution is -2.62. The molecule has 1 unspecified atom stereocenters. The van der Waals surface area contributed by atoms with E-state index < -0.39 is 11.1 Å². The minimum absolute atomic E-state index is 0.0298. The molecule has 0 radical (unpaired) electrons. The third kappa shape index (κ3) is 6.29. The SMILES string of the molecule is CCCCCC(C)NC(=O)c1ccc(C(=O)NC2CC(C)(C)N(O)C(C)(C)C2)cc1. The second-order valence-electron chi connectivity index (χ2n) is 9.96. The monoisotopic (exact) mass is 417 g/mol. The van der Waals surface area contributed by atoms with Crippen molar-refractivity contribution in [3.63, 3.8) is 0 Å². The highest BCUT2D eigenvalue weighted by atomic mass is 16.5. The number of piperidine rings is 1. The fourth-order valence-corrected chi connectivity index (χ4v) is 4.49. The molecule has 1 fully saturated rings. The van der Waals surface area contributed by atoms with Gasteiger partial charge in [-0.05, 0) is 78.1 Å². The van der Waals surface area contributed by atoms with Gasteiger partial charge in [-0.25, -0.2) is 0 Å². The van der Waals surface area contributed by atoms with Crippen LogP contribution in [0.5, 0.6) is 0 Å². The summed E-state index contributed by atoms with van der Waals surface area (Å²) in [4.78, 5) is 25.2. The van der Waals surface area contributed by atoms with Gasteiger partial charge in [-0.3, -0.25) is 9.59 Å². The summed E-state index contributed by atoms with van der Waals surface area (Å²) in [6.45, 7) is 12.1. The van der Waals surface area contributed by atoms with E-state index in [0.717, 1.165) is 19.3 Å². The number of nitrogens with zero attached hydrogens (tertiary/aromatic N) is 1. The van der Waals surface area contributed by atoms with Gasteiger partial charge in [0.05, 0.1) is 0 Å². The Kier molecular flexibility index (Phi) is 8.06. The smallest absolute Gasteiger partial charge is 0.251 e. The van der Waals surface area contributed by atoms with Crippen LogP contribution < -0.4 is 10.6 Å². The second-order valence-corrected chi connectivity index (χ2v) is 9.96. The molecule has 0 bridgehead atoms. The number of carbonyl (C=O) groups excluding carboxylic acids is 2. The highest BCUT2D eigenvalue weighted by Crippen LogP contribution is 2.36. The first kappa shape index (κ1) is 24.4. The molecular formula is C24H39N3O3. The van der Waals surface area contributed by atoms with Crippen LogP contribution in [0.4, 0.5) is 0 Å². The maximum atomic E-state index is 12.7. The standard InChI is InChI=1S/C24H39N3O3/c1-7-8-9-10-17(2)25-21(28)18-11-13-19(14-12-18)22(29)26-20-15-23(3,4)27(30)24(5,6)16-20/h11-14,17,20,30H,7-10,15-16H2,1-6H3,(H,25,28)(H,26,29). The molecule has 6 heteroatoms. The predicted octanol–water partition coefficient (Wildman–Crippen LogP) is 4.53. The number of hydroxylamine groups is 2. The zero-order chi connectivity index (χ0) is 22.5. The summed E-state index contributed by atoms with van der Waals surface area (Å²) in [5.74, 6) is -0.261. The Balaban J connectivity index is 1.94. The molecule has 1 aromatic rings. The molecule has 6 nitrogen and oxygen atoms in total. The number of carbonyl (C=O) groups is 2. The Labute approximate surface area is 181 Å². The first-order valence-electron chi connectivity index (χ1n) is 11.2. The van der Waals surface area contributed by atoms with Crippen LogP contribution in [-0.4, -0.2) is 45.2 Å².